The highest BCUT2D eigenvalue weighted by Gasteiger charge is 2.54. The van der Waals surface area contributed by atoms with Crippen molar-refractivity contribution in [1.29, 1.82) is 0 Å². The summed E-state index contributed by atoms with van der Waals surface area (Å²) in [5, 5.41) is 148. The van der Waals surface area contributed by atoms with Crippen LogP contribution in [0, 0.1) is 0 Å². The van der Waals surface area contributed by atoms with Gasteiger partial charge in [-0.25, -0.2) is 4.98 Å². The maximum Gasteiger partial charge on any atom is 0.187 e. The molecule has 0 bridgehead atoms. The van der Waals surface area contributed by atoms with Crippen LogP contribution in [0.15, 0.2) is 24.4 Å². The highest BCUT2D eigenvalue weighted by molar-refractivity contribution is 5.33. The summed E-state index contributed by atoms with van der Waals surface area (Å²) in [5.41, 5.74) is 0. The van der Waals surface area contributed by atoms with E-state index in [1.165, 1.54) is 6.20 Å². The van der Waals surface area contributed by atoms with Crippen molar-refractivity contribution in [2.45, 2.75) is 117 Å². The molecule has 22 nitrogen and oxygen atoms in total. The van der Waals surface area contributed by atoms with E-state index in [0.717, 1.165) is 0 Å². The van der Waals surface area contributed by atoms with Crippen molar-refractivity contribution in [1.82, 2.24) is 4.98 Å². The van der Waals surface area contributed by atoms with E-state index in [1.807, 2.05) is 0 Å². The molecule has 294 valence electrons. The van der Waals surface area contributed by atoms with E-state index >= 15 is 0 Å². The smallest absolute Gasteiger partial charge is 0.187 e. The van der Waals surface area contributed by atoms with Gasteiger partial charge in [-0.3, -0.25) is 0 Å². The van der Waals surface area contributed by atoms with E-state index < -0.39 is 143 Å². The normalized spacial score (nSPS) is 41.4. The zero-order valence-electron chi connectivity index (χ0n) is 27.0. The van der Waals surface area contributed by atoms with Crippen LogP contribution < -0.4 is 5.32 Å². The first-order valence-corrected chi connectivity index (χ1v) is 16.1. The molecule has 0 spiro atoms. The van der Waals surface area contributed by atoms with E-state index in [1.54, 1.807) is 18.2 Å². The summed E-state index contributed by atoms with van der Waals surface area (Å²) < 4.78 is 33.0. The number of rotatable bonds is 16. The molecule has 3 aliphatic heterocycles. The zero-order valence-corrected chi connectivity index (χ0v) is 27.0. The Morgan fingerprint density at radius 1 is 0.627 bits per heavy atom. The van der Waals surface area contributed by atoms with Crippen molar-refractivity contribution < 1.29 is 99.9 Å². The van der Waals surface area contributed by atoms with Crippen molar-refractivity contribution >= 4 is 5.82 Å². The summed E-state index contributed by atoms with van der Waals surface area (Å²) in [7, 11) is 0. The molecular weight excluding hydrogens is 696 g/mol. The second-order valence-corrected chi connectivity index (χ2v) is 12.3. The Morgan fingerprint density at radius 2 is 1.14 bits per heavy atom. The summed E-state index contributed by atoms with van der Waals surface area (Å²) in [4.78, 5) is 4.01. The number of aliphatic hydroxyl groups excluding tert-OH is 14. The number of pyridine rings is 1. The lowest BCUT2D eigenvalue weighted by atomic mass is 9.95. The average Bonchev–Trinajstić information content (AvgIpc) is 3.14. The second-order valence-electron chi connectivity index (χ2n) is 12.3. The third-order valence-corrected chi connectivity index (χ3v) is 8.82. The Labute approximate surface area is 290 Å². The number of hydrogen-bond donors (Lipinski definition) is 15. The van der Waals surface area contributed by atoms with Crippen LogP contribution in [0.4, 0.5) is 5.82 Å². The predicted molar refractivity (Wildman–Crippen MR) is 162 cm³/mol. The monoisotopic (exact) mass is 744 g/mol. The first-order valence-electron chi connectivity index (χ1n) is 16.1. The SMILES string of the molecule is OC[C@@H](O)[C@@H](O[C@@H]1O[C@H](CO)[C@H](O)[C@H](O[C@@H]2O[C@H](CO)[C@H](O)[C@H](O[C@@H]3O[C@H](CO)[C@H](O)[C@H](O)[C@H]3O)[C@H]2O)[C@H]1O)[C@H](O)[C@@H](O)CNc1ccccn1. The standard InChI is InChI=1S/C29H48N2O20/c32-6-11(37)24(16(38)10(36)5-31-15-3-1-2-4-30-15)49-28-22(44)26(19(41)13(8-34)47-28)51-29-23(45)25(18(40)14(9-35)48-29)50-27-21(43)20(42)17(39)12(7-33)46-27/h1-4,10-14,16-29,32-45H,5-9H2,(H,30,31)/t10-,11+,12+,13+,14+,16+,17-,18-,19-,20-,21+,22+,23+,24+,25-,26-,27-,28-,29-/m0/s1. The molecule has 22 heteroatoms. The van der Waals surface area contributed by atoms with Crippen molar-refractivity contribution in [2.24, 2.45) is 0 Å². The Bertz CT molecular complexity index is 1160. The molecular formula is C29H48N2O20. The lowest BCUT2D eigenvalue weighted by Gasteiger charge is -2.48. The summed E-state index contributed by atoms with van der Waals surface area (Å²) in [6.45, 7) is -3.98. The fourth-order valence-corrected chi connectivity index (χ4v) is 5.82. The maximum atomic E-state index is 11.2. The fraction of sp³-hybridized carbons (Fsp3) is 0.828. The molecule has 0 radical (unpaired) electrons. The third kappa shape index (κ3) is 9.64. The summed E-state index contributed by atoms with van der Waals surface area (Å²) in [6, 6.07) is 4.87. The Balaban J connectivity index is 1.51. The zero-order chi connectivity index (χ0) is 37.6. The quantitative estimate of drug-likeness (QED) is 0.0747. The summed E-state index contributed by atoms with van der Waals surface area (Å²) in [5.74, 6) is 0.332. The van der Waals surface area contributed by atoms with Crippen LogP contribution in [0.1, 0.15) is 0 Å². The number of hydrogen-bond acceptors (Lipinski definition) is 22. The van der Waals surface area contributed by atoms with Crippen molar-refractivity contribution in [3.8, 4) is 0 Å². The molecule has 4 rings (SSSR count). The molecule has 1 aromatic heterocycles. The van der Waals surface area contributed by atoms with Crippen molar-refractivity contribution in [3.63, 3.8) is 0 Å². The third-order valence-electron chi connectivity index (χ3n) is 8.82. The van der Waals surface area contributed by atoms with Crippen LogP contribution in [0.5, 0.6) is 0 Å². The molecule has 0 aromatic carbocycles. The minimum atomic E-state index is -2.09. The highest BCUT2D eigenvalue weighted by atomic mass is 16.8. The second kappa shape index (κ2) is 19.0. The maximum absolute atomic E-state index is 11.2. The minimum absolute atomic E-state index is 0.324. The minimum Gasteiger partial charge on any atom is -0.394 e. The number of aromatic nitrogens is 1. The van der Waals surface area contributed by atoms with Gasteiger partial charge in [-0.2, -0.15) is 0 Å². The van der Waals surface area contributed by atoms with Crippen LogP contribution >= 0.6 is 0 Å². The Morgan fingerprint density at radius 3 is 1.65 bits per heavy atom. The molecule has 15 N–H and O–H groups in total. The topological polar surface area (TPSA) is 364 Å². The van der Waals surface area contributed by atoms with Crippen LogP contribution in [0.2, 0.25) is 0 Å². The molecule has 1 aromatic rings. The van der Waals surface area contributed by atoms with Gasteiger partial charge in [0.05, 0.1) is 32.5 Å². The molecule has 3 fully saturated rings. The Hall–Kier alpha value is -1.85. The largest absolute Gasteiger partial charge is 0.394 e. The molecule has 3 aliphatic rings. The van der Waals surface area contributed by atoms with Gasteiger partial charge in [0.2, 0.25) is 0 Å². The van der Waals surface area contributed by atoms with E-state index in [2.05, 4.69) is 10.3 Å². The van der Waals surface area contributed by atoms with Gasteiger partial charge in [-0.15, -0.1) is 0 Å². The van der Waals surface area contributed by atoms with Gasteiger partial charge in [0.25, 0.3) is 0 Å². The predicted octanol–water partition coefficient (Wildman–Crippen LogP) is -8.60. The lowest BCUT2D eigenvalue weighted by molar-refractivity contribution is -0.384. The van der Waals surface area contributed by atoms with Crippen molar-refractivity contribution in [2.75, 3.05) is 38.3 Å². The summed E-state index contributed by atoms with van der Waals surface area (Å²) in [6.07, 6.45) is -33.6. The number of ether oxygens (including phenoxy) is 6. The van der Waals surface area contributed by atoms with E-state index in [0.29, 0.717) is 5.82 Å². The van der Waals surface area contributed by atoms with Gasteiger partial charge in [0.1, 0.15) is 97.4 Å². The molecule has 4 heterocycles. The van der Waals surface area contributed by atoms with Crippen LogP contribution in [-0.2, 0) is 28.4 Å². The average molecular weight is 745 g/mol. The molecule has 0 amide bonds. The molecule has 0 aliphatic carbocycles. The van der Waals surface area contributed by atoms with E-state index in [4.69, 9.17) is 28.4 Å². The number of nitrogens with zero attached hydrogens (tertiary/aromatic N) is 1. The van der Waals surface area contributed by atoms with E-state index in [9.17, 15) is 71.5 Å². The number of nitrogens with one attached hydrogen (secondary N) is 1. The van der Waals surface area contributed by atoms with Gasteiger partial charge in [-0.1, -0.05) is 6.07 Å². The van der Waals surface area contributed by atoms with Gasteiger partial charge in [0, 0.05) is 12.7 Å². The van der Waals surface area contributed by atoms with Crippen LogP contribution in [0.25, 0.3) is 0 Å². The number of anilines is 1. The van der Waals surface area contributed by atoms with Gasteiger partial charge in [-0.05, 0) is 12.1 Å². The van der Waals surface area contributed by atoms with Crippen molar-refractivity contribution in [3.05, 3.63) is 24.4 Å². The first-order chi connectivity index (χ1) is 24.3. The molecule has 3 saturated heterocycles. The number of aliphatic hydroxyl groups is 14. The fourth-order valence-electron chi connectivity index (χ4n) is 5.82. The first kappa shape index (κ1) is 41.9. The van der Waals surface area contributed by atoms with E-state index in [-0.39, 0.29) is 6.54 Å². The molecule has 51 heavy (non-hydrogen) atoms. The molecule has 0 saturated carbocycles. The van der Waals surface area contributed by atoms with Crippen LogP contribution in [-0.4, -0.2) is 226 Å². The van der Waals surface area contributed by atoms with Gasteiger partial charge in [0.15, 0.2) is 18.9 Å². The van der Waals surface area contributed by atoms with Crippen LogP contribution in [0.3, 0.4) is 0 Å². The van der Waals surface area contributed by atoms with Gasteiger partial charge < -0.3 is 105 Å². The highest BCUT2D eigenvalue weighted by Crippen LogP contribution is 2.33. The molecule has 0 unspecified atom stereocenters. The summed E-state index contributed by atoms with van der Waals surface area (Å²) >= 11 is 0. The van der Waals surface area contributed by atoms with Gasteiger partial charge >= 0.3 is 0 Å². The lowest BCUT2D eigenvalue weighted by Crippen LogP contribution is -2.67. The molecule has 19 atom stereocenters. The Kier molecular flexibility index (Phi) is 15.6.